The number of nitrogen functional groups attached to an aromatic ring is 1. The van der Waals surface area contributed by atoms with Gasteiger partial charge in [0.2, 0.25) is 5.95 Å². The first-order valence-electron chi connectivity index (χ1n) is 6.35. The van der Waals surface area contributed by atoms with Crippen molar-refractivity contribution in [1.82, 2.24) is 14.5 Å². The van der Waals surface area contributed by atoms with Gasteiger partial charge < -0.3 is 5.73 Å². The molecule has 0 amide bonds. The normalized spacial score (nSPS) is 11.6. The number of halogens is 1. The smallest absolute Gasteiger partial charge is 0.202 e. The lowest BCUT2D eigenvalue weighted by Crippen LogP contribution is -2.04. The van der Waals surface area contributed by atoms with Gasteiger partial charge in [0, 0.05) is 17.2 Å². The zero-order valence-electron chi connectivity index (χ0n) is 10.9. The number of aromatic nitrogens is 3. The van der Waals surface area contributed by atoms with Crippen molar-refractivity contribution < 1.29 is 0 Å². The standard InChI is InChI=1S/C13H19BrN4/c1-9(2)5-3-4-6-18-12-11(17-13(18)15)7-10(14)8-16-12/h7-9H,3-6H2,1-2H3,(H2,15,17). The molecular weight excluding hydrogens is 292 g/mol. The summed E-state index contributed by atoms with van der Waals surface area (Å²) in [7, 11) is 0. The third-order valence-corrected chi connectivity index (χ3v) is 3.43. The first-order chi connectivity index (χ1) is 8.58. The van der Waals surface area contributed by atoms with Crippen molar-refractivity contribution >= 4 is 33.0 Å². The predicted molar refractivity (Wildman–Crippen MR) is 78.3 cm³/mol. The summed E-state index contributed by atoms with van der Waals surface area (Å²) in [5, 5.41) is 0. The van der Waals surface area contributed by atoms with Crippen LogP contribution in [0.3, 0.4) is 0 Å². The number of hydrogen-bond acceptors (Lipinski definition) is 3. The average molecular weight is 311 g/mol. The highest BCUT2D eigenvalue weighted by Gasteiger charge is 2.09. The number of nitrogens with zero attached hydrogens (tertiary/aromatic N) is 3. The Kier molecular flexibility index (Phi) is 4.22. The summed E-state index contributed by atoms with van der Waals surface area (Å²) in [5.74, 6) is 1.32. The maximum Gasteiger partial charge on any atom is 0.202 e. The zero-order valence-corrected chi connectivity index (χ0v) is 12.4. The molecule has 0 saturated heterocycles. The summed E-state index contributed by atoms with van der Waals surface area (Å²) in [5.41, 5.74) is 7.67. The summed E-state index contributed by atoms with van der Waals surface area (Å²) in [6.07, 6.45) is 5.37. The maximum absolute atomic E-state index is 5.94. The topological polar surface area (TPSA) is 56.7 Å². The summed E-state index contributed by atoms with van der Waals surface area (Å²) < 4.78 is 2.93. The van der Waals surface area contributed by atoms with Gasteiger partial charge in [-0.3, -0.25) is 4.57 Å². The van der Waals surface area contributed by atoms with Gasteiger partial charge >= 0.3 is 0 Å². The number of unbranched alkanes of at least 4 members (excludes halogenated alkanes) is 1. The fourth-order valence-corrected chi connectivity index (χ4v) is 2.37. The second-order valence-electron chi connectivity index (χ2n) is 5.01. The average Bonchev–Trinajstić information content (AvgIpc) is 2.59. The predicted octanol–water partition coefficient (Wildman–Crippen LogP) is 3.60. The number of pyridine rings is 1. The van der Waals surface area contributed by atoms with Gasteiger partial charge in [0.25, 0.3) is 0 Å². The third-order valence-electron chi connectivity index (χ3n) is 2.99. The number of fused-ring (bicyclic) bond motifs is 1. The Morgan fingerprint density at radius 2 is 2.17 bits per heavy atom. The van der Waals surface area contributed by atoms with Crippen LogP contribution >= 0.6 is 15.9 Å². The van der Waals surface area contributed by atoms with Crippen molar-refractivity contribution in [3.05, 3.63) is 16.7 Å². The molecule has 0 aliphatic rings. The quantitative estimate of drug-likeness (QED) is 0.858. The number of hydrogen-bond donors (Lipinski definition) is 1. The summed E-state index contributed by atoms with van der Waals surface area (Å²) in [6, 6.07) is 1.95. The molecule has 2 aromatic heterocycles. The molecule has 0 aromatic carbocycles. The molecule has 5 heteroatoms. The highest BCUT2D eigenvalue weighted by atomic mass is 79.9. The van der Waals surface area contributed by atoms with Gasteiger partial charge in [-0.1, -0.05) is 26.7 Å². The number of imidazole rings is 1. The largest absolute Gasteiger partial charge is 0.369 e. The van der Waals surface area contributed by atoms with Gasteiger partial charge in [0.05, 0.1) is 0 Å². The lowest BCUT2D eigenvalue weighted by atomic mass is 10.1. The number of nitrogens with two attached hydrogens (primary N) is 1. The van der Waals surface area contributed by atoms with Crippen LogP contribution in [0.1, 0.15) is 33.1 Å². The van der Waals surface area contributed by atoms with E-state index < -0.39 is 0 Å². The van der Waals surface area contributed by atoms with E-state index in [1.54, 1.807) is 6.20 Å². The van der Waals surface area contributed by atoms with E-state index in [2.05, 4.69) is 39.7 Å². The minimum Gasteiger partial charge on any atom is -0.369 e. The van der Waals surface area contributed by atoms with Crippen LogP contribution in [0, 0.1) is 5.92 Å². The van der Waals surface area contributed by atoms with E-state index in [1.165, 1.54) is 12.8 Å². The number of anilines is 1. The Morgan fingerprint density at radius 3 is 2.89 bits per heavy atom. The highest BCUT2D eigenvalue weighted by Crippen LogP contribution is 2.20. The van der Waals surface area contributed by atoms with E-state index in [0.717, 1.165) is 34.5 Å². The minimum absolute atomic E-state index is 0.556. The van der Waals surface area contributed by atoms with E-state index in [9.17, 15) is 0 Å². The molecule has 2 N–H and O–H groups in total. The molecule has 98 valence electrons. The molecular formula is C13H19BrN4. The molecule has 0 fully saturated rings. The van der Waals surface area contributed by atoms with Crippen molar-refractivity contribution in [2.75, 3.05) is 5.73 Å². The Labute approximate surface area is 116 Å². The molecule has 0 unspecified atom stereocenters. The van der Waals surface area contributed by atoms with Gasteiger partial charge in [0.1, 0.15) is 5.52 Å². The first-order valence-corrected chi connectivity index (χ1v) is 7.14. The molecule has 0 atom stereocenters. The van der Waals surface area contributed by atoms with Crippen LogP contribution in [-0.2, 0) is 6.54 Å². The van der Waals surface area contributed by atoms with Gasteiger partial charge in [-0.15, -0.1) is 0 Å². The van der Waals surface area contributed by atoms with Gasteiger partial charge in [-0.05, 0) is 34.3 Å². The molecule has 0 bridgehead atoms. The molecule has 0 spiro atoms. The summed E-state index contributed by atoms with van der Waals surface area (Å²) in [6.45, 7) is 5.39. The Bertz CT molecular complexity index is 533. The van der Waals surface area contributed by atoms with Gasteiger partial charge in [-0.2, -0.15) is 0 Å². The zero-order chi connectivity index (χ0) is 13.1. The lowest BCUT2D eigenvalue weighted by molar-refractivity contribution is 0.513. The second-order valence-corrected chi connectivity index (χ2v) is 5.92. The maximum atomic E-state index is 5.94. The van der Waals surface area contributed by atoms with Crippen molar-refractivity contribution in [3.8, 4) is 0 Å². The summed E-state index contributed by atoms with van der Waals surface area (Å²) in [4.78, 5) is 8.72. The van der Waals surface area contributed by atoms with Crippen LogP contribution in [0.25, 0.3) is 11.2 Å². The number of aryl methyl sites for hydroxylation is 1. The molecule has 18 heavy (non-hydrogen) atoms. The first kappa shape index (κ1) is 13.3. The third kappa shape index (κ3) is 3.02. The Morgan fingerprint density at radius 1 is 1.39 bits per heavy atom. The van der Waals surface area contributed by atoms with Crippen LogP contribution in [0.2, 0.25) is 0 Å². The fourth-order valence-electron chi connectivity index (χ4n) is 2.05. The SMILES string of the molecule is CC(C)CCCCn1c(N)nc2cc(Br)cnc21. The van der Waals surface area contributed by atoms with Crippen LogP contribution in [0.5, 0.6) is 0 Å². The van der Waals surface area contributed by atoms with E-state index in [1.807, 2.05) is 10.6 Å². The van der Waals surface area contributed by atoms with Crippen molar-refractivity contribution in [2.24, 2.45) is 5.92 Å². The van der Waals surface area contributed by atoms with Crippen LogP contribution in [-0.4, -0.2) is 14.5 Å². The molecule has 0 saturated carbocycles. The van der Waals surface area contributed by atoms with Gasteiger partial charge in [-0.25, -0.2) is 9.97 Å². The van der Waals surface area contributed by atoms with Crippen molar-refractivity contribution in [3.63, 3.8) is 0 Å². The second kappa shape index (κ2) is 5.69. The molecule has 0 aliphatic heterocycles. The van der Waals surface area contributed by atoms with E-state index in [4.69, 9.17) is 5.73 Å². The monoisotopic (exact) mass is 310 g/mol. The Hall–Kier alpha value is -1.10. The van der Waals surface area contributed by atoms with Gasteiger partial charge in [0.15, 0.2) is 5.65 Å². The molecule has 0 aliphatic carbocycles. The highest BCUT2D eigenvalue weighted by molar-refractivity contribution is 9.10. The molecule has 0 radical (unpaired) electrons. The minimum atomic E-state index is 0.556. The van der Waals surface area contributed by atoms with Crippen LogP contribution in [0.4, 0.5) is 5.95 Å². The fraction of sp³-hybridized carbons (Fsp3) is 0.538. The van der Waals surface area contributed by atoms with Crippen LogP contribution < -0.4 is 5.73 Å². The van der Waals surface area contributed by atoms with E-state index >= 15 is 0 Å². The number of rotatable bonds is 5. The van der Waals surface area contributed by atoms with Crippen molar-refractivity contribution in [1.29, 1.82) is 0 Å². The molecule has 2 rings (SSSR count). The Balaban J connectivity index is 2.10. The summed E-state index contributed by atoms with van der Waals surface area (Å²) >= 11 is 3.39. The van der Waals surface area contributed by atoms with E-state index in [-0.39, 0.29) is 0 Å². The van der Waals surface area contributed by atoms with Crippen LogP contribution in [0.15, 0.2) is 16.7 Å². The molecule has 2 heterocycles. The van der Waals surface area contributed by atoms with Crippen molar-refractivity contribution in [2.45, 2.75) is 39.7 Å². The molecule has 4 nitrogen and oxygen atoms in total. The van der Waals surface area contributed by atoms with E-state index in [0.29, 0.717) is 5.95 Å². The molecule has 2 aromatic rings. The lowest BCUT2D eigenvalue weighted by Gasteiger charge is -2.07.